The Labute approximate surface area is 159 Å². The maximum atomic E-state index is 13.8. The second kappa shape index (κ2) is 7.08. The van der Waals surface area contributed by atoms with Crippen molar-refractivity contribution in [3.63, 3.8) is 0 Å². The summed E-state index contributed by atoms with van der Waals surface area (Å²) in [6.07, 6.45) is 0.914. The predicted octanol–water partition coefficient (Wildman–Crippen LogP) is 2.62. The van der Waals surface area contributed by atoms with E-state index in [4.69, 9.17) is 0 Å². The van der Waals surface area contributed by atoms with Gasteiger partial charge in [-0.15, -0.1) is 0 Å². The number of hydrogen-bond donors (Lipinski definition) is 1. The molecule has 2 aliphatic rings. The average molecular weight is 370 g/mol. The second-order valence-corrected chi connectivity index (χ2v) is 7.79. The highest BCUT2D eigenvalue weighted by Crippen LogP contribution is 2.42. The van der Waals surface area contributed by atoms with Crippen molar-refractivity contribution >= 4 is 5.91 Å². The standard InChI is InChI=1S/C21H27FN4O/c1-4-18-13(2)24-26(14(18)3)12-20(27)25-11-16-9-23-10-19(16)21(25)15-6-5-7-17(22)8-15/h5-8,16,19,21,23H,4,9-12H2,1-3H3/t16-,19-,21-/m0/s1. The van der Waals surface area contributed by atoms with Crippen LogP contribution in [0.2, 0.25) is 0 Å². The van der Waals surface area contributed by atoms with E-state index < -0.39 is 0 Å². The summed E-state index contributed by atoms with van der Waals surface area (Å²) in [6, 6.07) is 6.63. The number of carbonyl (C=O) groups excluding carboxylic acids is 1. The van der Waals surface area contributed by atoms with Gasteiger partial charge in [0.2, 0.25) is 5.91 Å². The molecule has 0 unspecified atom stereocenters. The van der Waals surface area contributed by atoms with Gasteiger partial charge in [0, 0.05) is 31.2 Å². The fourth-order valence-corrected chi connectivity index (χ4v) is 4.91. The number of likely N-dealkylation sites (tertiary alicyclic amines) is 1. The first-order valence-corrected chi connectivity index (χ1v) is 9.78. The predicted molar refractivity (Wildman–Crippen MR) is 102 cm³/mol. The first-order chi connectivity index (χ1) is 13.0. The quantitative estimate of drug-likeness (QED) is 0.900. The van der Waals surface area contributed by atoms with Gasteiger partial charge in [0.25, 0.3) is 0 Å². The second-order valence-electron chi connectivity index (χ2n) is 7.79. The van der Waals surface area contributed by atoms with E-state index in [1.165, 1.54) is 11.6 Å². The van der Waals surface area contributed by atoms with Crippen molar-refractivity contribution in [2.24, 2.45) is 11.8 Å². The van der Waals surface area contributed by atoms with Gasteiger partial charge < -0.3 is 10.2 Å². The Bertz CT molecular complexity index is 862. The van der Waals surface area contributed by atoms with Crippen molar-refractivity contribution in [1.29, 1.82) is 0 Å². The van der Waals surface area contributed by atoms with E-state index in [2.05, 4.69) is 17.3 Å². The van der Waals surface area contributed by atoms with E-state index in [0.717, 1.165) is 43.0 Å². The highest BCUT2D eigenvalue weighted by Gasteiger charge is 2.46. The highest BCUT2D eigenvalue weighted by molar-refractivity contribution is 5.77. The van der Waals surface area contributed by atoms with Crippen molar-refractivity contribution < 1.29 is 9.18 Å². The number of amides is 1. The van der Waals surface area contributed by atoms with Crippen LogP contribution < -0.4 is 5.32 Å². The van der Waals surface area contributed by atoms with E-state index in [9.17, 15) is 9.18 Å². The van der Waals surface area contributed by atoms with Crippen LogP contribution in [0, 0.1) is 31.5 Å². The molecule has 1 aromatic heterocycles. The number of halogens is 1. The molecule has 1 aromatic carbocycles. The molecule has 6 heteroatoms. The Hall–Kier alpha value is -2.21. The molecule has 27 heavy (non-hydrogen) atoms. The Kier molecular flexibility index (Phi) is 4.76. The van der Waals surface area contributed by atoms with Crippen molar-refractivity contribution in [2.45, 2.75) is 39.8 Å². The molecule has 0 saturated carbocycles. The first kappa shape index (κ1) is 18.2. The number of carbonyl (C=O) groups is 1. The lowest BCUT2D eigenvalue weighted by Gasteiger charge is -2.28. The highest BCUT2D eigenvalue weighted by atomic mass is 19.1. The molecule has 2 aromatic rings. The van der Waals surface area contributed by atoms with Crippen LogP contribution in [0.3, 0.4) is 0 Å². The van der Waals surface area contributed by atoms with Crippen LogP contribution in [0.5, 0.6) is 0 Å². The zero-order valence-electron chi connectivity index (χ0n) is 16.2. The summed E-state index contributed by atoms with van der Waals surface area (Å²) in [5.41, 5.74) is 4.16. The number of aryl methyl sites for hydroxylation is 1. The van der Waals surface area contributed by atoms with Gasteiger partial charge in [-0.05, 0) is 49.4 Å². The molecular formula is C21H27FN4O. The van der Waals surface area contributed by atoms with Gasteiger partial charge in [-0.25, -0.2) is 4.39 Å². The molecule has 2 saturated heterocycles. The van der Waals surface area contributed by atoms with Crippen LogP contribution in [0.1, 0.15) is 35.5 Å². The maximum absolute atomic E-state index is 13.8. The summed E-state index contributed by atoms with van der Waals surface area (Å²) in [5, 5.41) is 8.00. The number of nitrogens with one attached hydrogen (secondary N) is 1. The van der Waals surface area contributed by atoms with Gasteiger partial charge in [0.15, 0.2) is 0 Å². The van der Waals surface area contributed by atoms with E-state index in [-0.39, 0.29) is 24.3 Å². The van der Waals surface area contributed by atoms with E-state index in [1.807, 2.05) is 29.5 Å². The minimum Gasteiger partial charge on any atom is -0.333 e. The summed E-state index contributed by atoms with van der Waals surface area (Å²) in [5.74, 6) is 0.573. The number of rotatable bonds is 4. The first-order valence-electron chi connectivity index (χ1n) is 9.78. The summed E-state index contributed by atoms with van der Waals surface area (Å²) in [6.45, 7) is 8.88. The molecular weight excluding hydrogens is 343 g/mol. The van der Waals surface area contributed by atoms with Crippen LogP contribution in [-0.2, 0) is 17.8 Å². The molecule has 4 rings (SSSR count). The number of nitrogens with zero attached hydrogens (tertiary/aromatic N) is 3. The third kappa shape index (κ3) is 3.16. The summed E-state index contributed by atoms with van der Waals surface area (Å²) >= 11 is 0. The topological polar surface area (TPSA) is 50.2 Å². The molecule has 0 bridgehead atoms. The Morgan fingerprint density at radius 3 is 2.85 bits per heavy atom. The Morgan fingerprint density at radius 1 is 1.33 bits per heavy atom. The lowest BCUT2D eigenvalue weighted by molar-refractivity contribution is -0.133. The normalized spacial score (nSPS) is 24.4. The summed E-state index contributed by atoms with van der Waals surface area (Å²) in [4.78, 5) is 15.2. The molecule has 3 heterocycles. The zero-order chi connectivity index (χ0) is 19.1. The van der Waals surface area contributed by atoms with Crippen LogP contribution in [-0.4, -0.2) is 40.2 Å². The number of benzene rings is 1. The van der Waals surface area contributed by atoms with Crippen molar-refractivity contribution in [3.05, 3.63) is 52.6 Å². The Morgan fingerprint density at radius 2 is 2.15 bits per heavy atom. The van der Waals surface area contributed by atoms with Gasteiger partial charge in [-0.2, -0.15) is 5.10 Å². The summed E-state index contributed by atoms with van der Waals surface area (Å²) in [7, 11) is 0. The SMILES string of the molecule is CCc1c(C)nn(CC(=O)N2C[C@@H]3CNC[C@@H]3[C@@H]2c2cccc(F)c2)c1C. The number of aromatic nitrogens is 2. The largest absolute Gasteiger partial charge is 0.333 e. The van der Waals surface area contributed by atoms with E-state index >= 15 is 0 Å². The molecule has 1 N–H and O–H groups in total. The fraction of sp³-hybridized carbons (Fsp3) is 0.524. The van der Waals surface area contributed by atoms with E-state index in [1.54, 1.807) is 12.1 Å². The molecule has 144 valence electrons. The monoisotopic (exact) mass is 370 g/mol. The molecule has 2 fully saturated rings. The minimum absolute atomic E-state index is 0.0620. The van der Waals surface area contributed by atoms with Gasteiger partial charge in [0.05, 0.1) is 11.7 Å². The van der Waals surface area contributed by atoms with Crippen molar-refractivity contribution in [1.82, 2.24) is 20.0 Å². The third-order valence-electron chi connectivity index (χ3n) is 6.25. The van der Waals surface area contributed by atoms with Crippen LogP contribution in [0.25, 0.3) is 0 Å². The number of hydrogen-bond acceptors (Lipinski definition) is 3. The summed E-state index contributed by atoms with van der Waals surface area (Å²) < 4.78 is 15.7. The van der Waals surface area contributed by atoms with Gasteiger partial charge >= 0.3 is 0 Å². The zero-order valence-corrected chi connectivity index (χ0v) is 16.2. The molecule has 1 amide bonds. The average Bonchev–Trinajstić information content (AvgIpc) is 3.28. The smallest absolute Gasteiger partial charge is 0.244 e. The Balaban J connectivity index is 1.62. The fourth-order valence-electron chi connectivity index (χ4n) is 4.91. The molecule has 2 aliphatic heterocycles. The third-order valence-corrected chi connectivity index (χ3v) is 6.25. The molecule has 3 atom stereocenters. The minimum atomic E-state index is -0.250. The molecule has 5 nitrogen and oxygen atoms in total. The molecule has 0 spiro atoms. The maximum Gasteiger partial charge on any atom is 0.244 e. The lowest BCUT2D eigenvalue weighted by atomic mass is 9.89. The molecule has 0 aliphatic carbocycles. The lowest BCUT2D eigenvalue weighted by Crippen LogP contribution is -2.37. The van der Waals surface area contributed by atoms with Gasteiger partial charge in [-0.1, -0.05) is 19.1 Å². The van der Waals surface area contributed by atoms with Crippen molar-refractivity contribution in [2.75, 3.05) is 19.6 Å². The molecule has 0 radical (unpaired) electrons. The number of fused-ring (bicyclic) bond motifs is 1. The van der Waals surface area contributed by atoms with Crippen LogP contribution >= 0.6 is 0 Å². The van der Waals surface area contributed by atoms with E-state index in [0.29, 0.717) is 11.8 Å². The van der Waals surface area contributed by atoms with Gasteiger partial charge in [-0.3, -0.25) is 9.48 Å². The van der Waals surface area contributed by atoms with Crippen molar-refractivity contribution in [3.8, 4) is 0 Å². The van der Waals surface area contributed by atoms with Gasteiger partial charge in [0.1, 0.15) is 12.4 Å². The van der Waals surface area contributed by atoms with Crippen LogP contribution in [0.4, 0.5) is 4.39 Å². The van der Waals surface area contributed by atoms with Crippen LogP contribution in [0.15, 0.2) is 24.3 Å².